The van der Waals surface area contributed by atoms with Gasteiger partial charge in [0, 0.05) is 19.7 Å². The number of hydrogen-bond donors (Lipinski definition) is 2. The number of amides is 1. The Bertz CT molecular complexity index is 429. The molecule has 1 aromatic heterocycles. The summed E-state index contributed by atoms with van der Waals surface area (Å²) in [6.07, 6.45) is 3.13. The van der Waals surface area contributed by atoms with Crippen molar-refractivity contribution in [3.05, 3.63) is 17.8 Å². The van der Waals surface area contributed by atoms with E-state index in [0.717, 1.165) is 44.8 Å². The van der Waals surface area contributed by atoms with Crippen molar-refractivity contribution in [3.8, 4) is 0 Å². The molecule has 2 heterocycles. The van der Waals surface area contributed by atoms with Crippen molar-refractivity contribution in [1.29, 1.82) is 0 Å². The van der Waals surface area contributed by atoms with E-state index >= 15 is 0 Å². The Morgan fingerprint density at radius 2 is 2.10 bits per heavy atom. The molecule has 0 radical (unpaired) electrons. The van der Waals surface area contributed by atoms with Crippen molar-refractivity contribution in [1.82, 2.24) is 10.2 Å². The zero-order valence-corrected chi connectivity index (χ0v) is 11.5. The molecule has 0 bridgehead atoms. The standard InChI is InChI=1S/C13H21N5O2/c14-6-1-9-20-10-4-7-18(8-5-10)12-3-2-11(13(15)19)16-17-12/h2-3,10H,1,4-9,14H2,(H2,15,19). The Morgan fingerprint density at radius 3 is 2.65 bits per heavy atom. The predicted molar refractivity (Wildman–Crippen MR) is 75.4 cm³/mol. The van der Waals surface area contributed by atoms with Gasteiger partial charge in [-0.25, -0.2) is 0 Å². The topological polar surface area (TPSA) is 107 Å². The number of carbonyl (C=O) groups excluding carboxylic acids is 1. The first-order valence-electron chi connectivity index (χ1n) is 6.91. The number of nitrogens with zero attached hydrogens (tertiary/aromatic N) is 3. The van der Waals surface area contributed by atoms with E-state index in [1.165, 1.54) is 0 Å². The molecule has 4 N–H and O–H groups in total. The molecule has 20 heavy (non-hydrogen) atoms. The molecule has 7 heteroatoms. The number of primary amides is 1. The molecule has 1 aromatic rings. The molecule has 0 unspecified atom stereocenters. The average molecular weight is 279 g/mol. The molecule has 1 amide bonds. The van der Waals surface area contributed by atoms with Gasteiger partial charge in [0.25, 0.3) is 5.91 Å². The van der Waals surface area contributed by atoms with Gasteiger partial charge in [0.15, 0.2) is 11.5 Å². The highest BCUT2D eigenvalue weighted by molar-refractivity contribution is 5.90. The molecule has 0 spiro atoms. The van der Waals surface area contributed by atoms with Gasteiger partial charge in [-0.3, -0.25) is 4.79 Å². The van der Waals surface area contributed by atoms with E-state index in [1.807, 2.05) is 0 Å². The number of nitrogens with two attached hydrogens (primary N) is 2. The Labute approximate surface area is 118 Å². The van der Waals surface area contributed by atoms with Crippen molar-refractivity contribution in [3.63, 3.8) is 0 Å². The van der Waals surface area contributed by atoms with Gasteiger partial charge in [-0.05, 0) is 37.9 Å². The van der Waals surface area contributed by atoms with E-state index in [0.29, 0.717) is 12.6 Å². The third-order valence-electron chi connectivity index (χ3n) is 3.37. The lowest BCUT2D eigenvalue weighted by atomic mass is 10.1. The number of carbonyl (C=O) groups is 1. The zero-order chi connectivity index (χ0) is 14.4. The largest absolute Gasteiger partial charge is 0.378 e. The van der Waals surface area contributed by atoms with Crippen molar-refractivity contribution >= 4 is 11.7 Å². The van der Waals surface area contributed by atoms with Crippen LogP contribution in [0.3, 0.4) is 0 Å². The van der Waals surface area contributed by atoms with Crippen LogP contribution in [0.5, 0.6) is 0 Å². The van der Waals surface area contributed by atoms with Crippen LogP contribution < -0.4 is 16.4 Å². The number of rotatable bonds is 6. The van der Waals surface area contributed by atoms with Crippen LogP contribution in [-0.2, 0) is 4.74 Å². The van der Waals surface area contributed by atoms with Gasteiger partial charge >= 0.3 is 0 Å². The van der Waals surface area contributed by atoms with Crippen LogP contribution in [0, 0.1) is 0 Å². The molecule has 0 atom stereocenters. The molecule has 1 aliphatic heterocycles. The number of piperidine rings is 1. The highest BCUT2D eigenvalue weighted by atomic mass is 16.5. The first kappa shape index (κ1) is 14.7. The van der Waals surface area contributed by atoms with Crippen LogP contribution in [0.2, 0.25) is 0 Å². The smallest absolute Gasteiger partial charge is 0.269 e. The van der Waals surface area contributed by atoms with E-state index in [2.05, 4.69) is 15.1 Å². The highest BCUT2D eigenvalue weighted by Gasteiger charge is 2.20. The van der Waals surface area contributed by atoms with Crippen molar-refractivity contribution in [2.24, 2.45) is 11.5 Å². The molecule has 0 aliphatic carbocycles. The predicted octanol–water partition coefficient (Wildman–Crippen LogP) is -0.0903. The second-order valence-electron chi connectivity index (χ2n) is 4.84. The van der Waals surface area contributed by atoms with Crippen LogP contribution in [0.1, 0.15) is 29.8 Å². The van der Waals surface area contributed by atoms with Crippen LogP contribution in [0.25, 0.3) is 0 Å². The minimum atomic E-state index is -0.559. The maximum atomic E-state index is 10.9. The van der Waals surface area contributed by atoms with Crippen molar-refractivity contribution in [2.45, 2.75) is 25.4 Å². The Morgan fingerprint density at radius 1 is 1.35 bits per heavy atom. The summed E-state index contributed by atoms with van der Waals surface area (Å²) in [6.45, 7) is 3.14. The molecule has 2 rings (SSSR count). The van der Waals surface area contributed by atoms with Crippen LogP contribution >= 0.6 is 0 Å². The van der Waals surface area contributed by atoms with Crippen molar-refractivity contribution < 1.29 is 9.53 Å². The molecular weight excluding hydrogens is 258 g/mol. The van der Waals surface area contributed by atoms with E-state index in [-0.39, 0.29) is 5.69 Å². The maximum absolute atomic E-state index is 10.9. The van der Waals surface area contributed by atoms with Gasteiger partial charge in [-0.1, -0.05) is 0 Å². The second-order valence-corrected chi connectivity index (χ2v) is 4.84. The normalized spacial score (nSPS) is 16.4. The molecule has 1 aliphatic rings. The number of anilines is 1. The summed E-state index contributed by atoms with van der Waals surface area (Å²) in [6, 6.07) is 3.39. The summed E-state index contributed by atoms with van der Waals surface area (Å²) in [5.41, 5.74) is 10.8. The minimum absolute atomic E-state index is 0.189. The number of ether oxygens (including phenoxy) is 1. The molecule has 7 nitrogen and oxygen atoms in total. The summed E-state index contributed by atoms with van der Waals surface area (Å²) < 4.78 is 5.75. The van der Waals surface area contributed by atoms with Gasteiger partial charge in [-0.15, -0.1) is 10.2 Å². The Balaban J connectivity index is 1.82. The van der Waals surface area contributed by atoms with Crippen LogP contribution in [0.4, 0.5) is 5.82 Å². The van der Waals surface area contributed by atoms with E-state index in [9.17, 15) is 4.79 Å². The third kappa shape index (κ3) is 3.88. The summed E-state index contributed by atoms with van der Waals surface area (Å²) >= 11 is 0. The number of hydrogen-bond acceptors (Lipinski definition) is 6. The lowest BCUT2D eigenvalue weighted by Gasteiger charge is -2.32. The second kappa shape index (κ2) is 7.16. The molecule has 0 aromatic carbocycles. The van der Waals surface area contributed by atoms with E-state index in [1.54, 1.807) is 12.1 Å². The average Bonchev–Trinajstić information content (AvgIpc) is 2.48. The SMILES string of the molecule is NCCCOC1CCN(c2ccc(C(N)=O)nn2)CC1. The molecule has 0 saturated carbocycles. The summed E-state index contributed by atoms with van der Waals surface area (Å²) in [7, 11) is 0. The number of aromatic nitrogens is 2. The summed E-state index contributed by atoms with van der Waals surface area (Å²) in [4.78, 5) is 13.1. The van der Waals surface area contributed by atoms with E-state index < -0.39 is 5.91 Å². The maximum Gasteiger partial charge on any atom is 0.269 e. The first-order valence-corrected chi connectivity index (χ1v) is 6.91. The fourth-order valence-electron chi connectivity index (χ4n) is 2.21. The monoisotopic (exact) mass is 279 g/mol. The van der Waals surface area contributed by atoms with Crippen molar-refractivity contribution in [2.75, 3.05) is 31.1 Å². The first-order chi connectivity index (χ1) is 9.70. The fraction of sp³-hybridized carbons (Fsp3) is 0.615. The lowest BCUT2D eigenvalue weighted by Crippen LogP contribution is -2.38. The highest BCUT2D eigenvalue weighted by Crippen LogP contribution is 2.19. The Hall–Kier alpha value is -1.73. The molecule has 1 fully saturated rings. The van der Waals surface area contributed by atoms with Gasteiger partial charge < -0.3 is 21.1 Å². The van der Waals surface area contributed by atoms with E-state index in [4.69, 9.17) is 16.2 Å². The lowest BCUT2D eigenvalue weighted by molar-refractivity contribution is 0.0365. The minimum Gasteiger partial charge on any atom is -0.378 e. The van der Waals surface area contributed by atoms with Crippen LogP contribution in [-0.4, -0.2) is 48.4 Å². The van der Waals surface area contributed by atoms with Gasteiger partial charge in [0.05, 0.1) is 6.10 Å². The fourth-order valence-corrected chi connectivity index (χ4v) is 2.21. The molecule has 1 saturated heterocycles. The van der Waals surface area contributed by atoms with Crippen LogP contribution in [0.15, 0.2) is 12.1 Å². The third-order valence-corrected chi connectivity index (χ3v) is 3.37. The quantitative estimate of drug-likeness (QED) is 0.705. The van der Waals surface area contributed by atoms with Gasteiger partial charge in [-0.2, -0.15) is 0 Å². The molecule has 110 valence electrons. The van der Waals surface area contributed by atoms with Gasteiger partial charge in [0.1, 0.15) is 0 Å². The summed E-state index contributed by atoms with van der Waals surface area (Å²) in [5.74, 6) is 0.214. The molecular formula is C13H21N5O2. The Kier molecular flexibility index (Phi) is 5.25. The van der Waals surface area contributed by atoms with Gasteiger partial charge in [0.2, 0.25) is 0 Å². The summed E-state index contributed by atoms with van der Waals surface area (Å²) in [5, 5.41) is 7.86. The zero-order valence-electron chi connectivity index (χ0n) is 11.5.